The third-order valence-corrected chi connectivity index (χ3v) is 3.28. The Kier molecular flexibility index (Phi) is 5.20. The Morgan fingerprint density at radius 3 is 2.57 bits per heavy atom. The normalized spacial score (nSPS) is 11.9. The maximum atomic E-state index is 12.2. The molecule has 4 nitrogen and oxygen atoms in total. The Bertz CT molecular complexity index is 597. The highest BCUT2D eigenvalue weighted by Gasteiger charge is 2.14. The highest BCUT2D eigenvalue weighted by atomic mass is 35.5. The summed E-state index contributed by atoms with van der Waals surface area (Å²) in [6, 6.07) is 14.0. The zero-order chi connectivity index (χ0) is 15.2. The van der Waals surface area contributed by atoms with E-state index in [-0.39, 0.29) is 18.6 Å². The van der Waals surface area contributed by atoms with Crippen LogP contribution in [-0.2, 0) is 6.42 Å². The largest absolute Gasteiger partial charge is 0.399 e. The van der Waals surface area contributed by atoms with Crippen LogP contribution in [0.25, 0.3) is 0 Å². The molecule has 1 unspecified atom stereocenters. The van der Waals surface area contributed by atoms with Gasteiger partial charge in [-0.3, -0.25) is 4.79 Å². The molecular weight excluding hydrogens is 288 g/mol. The Hall–Kier alpha value is -2.04. The minimum atomic E-state index is -0.361. The first-order valence-electron chi connectivity index (χ1n) is 6.60. The van der Waals surface area contributed by atoms with Gasteiger partial charge in [-0.15, -0.1) is 0 Å². The van der Waals surface area contributed by atoms with E-state index in [1.54, 1.807) is 18.2 Å². The summed E-state index contributed by atoms with van der Waals surface area (Å²) in [5.41, 5.74) is 7.52. The van der Waals surface area contributed by atoms with Crippen LogP contribution in [0.2, 0.25) is 5.02 Å². The summed E-state index contributed by atoms with van der Waals surface area (Å²) < 4.78 is 0. The molecule has 4 N–H and O–H groups in total. The number of hydrogen-bond acceptors (Lipinski definition) is 3. The summed E-state index contributed by atoms with van der Waals surface area (Å²) in [6.07, 6.45) is 0.555. The lowest BCUT2D eigenvalue weighted by molar-refractivity contribution is 0.0916. The number of aliphatic hydroxyl groups excluding tert-OH is 1. The van der Waals surface area contributed by atoms with Gasteiger partial charge >= 0.3 is 0 Å². The quantitative estimate of drug-likeness (QED) is 0.742. The van der Waals surface area contributed by atoms with Gasteiger partial charge < -0.3 is 16.2 Å². The Morgan fingerprint density at radius 1 is 1.24 bits per heavy atom. The van der Waals surface area contributed by atoms with Crippen molar-refractivity contribution in [3.05, 3.63) is 64.7 Å². The maximum absolute atomic E-state index is 12.2. The van der Waals surface area contributed by atoms with Crippen molar-refractivity contribution < 1.29 is 9.90 Å². The molecule has 0 aliphatic rings. The molecule has 0 heterocycles. The molecule has 0 fully saturated rings. The number of nitrogens with two attached hydrogens (primary N) is 1. The van der Waals surface area contributed by atoms with E-state index in [1.165, 1.54) is 0 Å². The average molecular weight is 305 g/mol. The third-order valence-electron chi connectivity index (χ3n) is 3.06. The molecule has 0 aromatic heterocycles. The van der Waals surface area contributed by atoms with Gasteiger partial charge in [0.05, 0.1) is 12.6 Å². The minimum Gasteiger partial charge on any atom is -0.399 e. The molecule has 2 aromatic carbocycles. The highest BCUT2D eigenvalue weighted by molar-refractivity contribution is 6.31. The van der Waals surface area contributed by atoms with Crippen molar-refractivity contribution >= 4 is 23.2 Å². The van der Waals surface area contributed by atoms with Gasteiger partial charge in [-0.05, 0) is 30.2 Å². The number of carbonyl (C=O) groups excluding carboxylic acids is 1. The molecular formula is C16H17ClN2O2. The number of nitrogen functional groups attached to an aromatic ring is 1. The molecule has 1 amide bonds. The molecule has 1 atom stereocenters. The molecule has 2 aromatic rings. The van der Waals surface area contributed by atoms with Gasteiger partial charge in [0.15, 0.2) is 0 Å². The summed E-state index contributed by atoms with van der Waals surface area (Å²) in [4.78, 5) is 12.2. The van der Waals surface area contributed by atoms with Gasteiger partial charge in [-0.2, -0.15) is 0 Å². The smallest absolute Gasteiger partial charge is 0.251 e. The lowest BCUT2D eigenvalue weighted by Crippen LogP contribution is -2.39. The minimum absolute atomic E-state index is 0.142. The fourth-order valence-corrected chi connectivity index (χ4v) is 2.32. The van der Waals surface area contributed by atoms with Crippen LogP contribution in [0, 0.1) is 0 Å². The number of benzene rings is 2. The lowest BCUT2D eigenvalue weighted by atomic mass is 10.1. The van der Waals surface area contributed by atoms with E-state index in [9.17, 15) is 9.90 Å². The van der Waals surface area contributed by atoms with Crippen molar-refractivity contribution in [2.75, 3.05) is 12.3 Å². The first-order chi connectivity index (χ1) is 10.1. The van der Waals surface area contributed by atoms with Crippen molar-refractivity contribution in [3.8, 4) is 0 Å². The second kappa shape index (κ2) is 7.11. The number of amides is 1. The average Bonchev–Trinajstić information content (AvgIpc) is 2.46. The number of aliphatic hydroxyl groups is 1. The van der Waals surface area contributed by atoms with Gasteiger partial charge in [-0.25, -0.2) is 0 Å². The maximum Gasteiger partial charge on any atom is 0.251 e. The predicted octanol–water partition coefficient (Wildman–Crippen LogP) is 2.26. The van der Waals surface area contributed by atoms with Gasteiger partial charge in [0.2, 0.25) is 0 Å². The van der Waals surface area contributed by atoms with Crippen LogP contribution >= 0.6 is 11.6 Å². The van der Waals surface area contributed by atoms with Crippen LogP contribution in [0.4, 0.5) is 5.69 Å². The van der Waals surface area contributed by atoms with Crippen LogP contribution < -0.4 is 11.1 Å². The van der Waals surface area contributed by atoms with Crippen LogP contribution in [0.15, 0.2) is 48.5 Å². The van der Waals surface area contributed by atoms with Crippen molar-refractivity contribution in [2.45, 2.75) is 12.5 Å². The van der Waals surface area contributed by atoms with Crippen LogP contribution in [0.5, 0.6) is 0 Å². The number of carbonyl (C=O) groups is 1. The van der Waals surface area contributed by atoms with Gasteiger partial charge in [-0.1, -0.05) is 41.9 Å². The fourth-order valence-electron chi connectivity index (χ4n) is 2.07. The number of halogens is 1. The predicted molar refractivity (Wildman–Crippen MR) is 84.4 cm³/mol. The molecule has 0 saturated heterocycles. The highest BCUT2D eigenvalue weighted by Crippen LogP contribution is 2.16. The van der Waals surface area contributed by atoms with E-state index in [4.69, 9.17) is 17.3 Å². The van der Waals surface area contributed by atoms with Crippen LogP contribution in [0.3, 0.4) is 0 Å². The zero-order valence-electron chi connectivity index (χ0n) is 11.4. The molecule has 5 heteroatoms. The standard InChI is InChI=1S/C16H17ClN2O2/c17-13-7-12(8-14(18)9-13)16(21)19-15(10-20)6-11-4-2-1-3-5-11/h1-5,7-9,15,20H,6,10,18H2,(H,19,21). The van der Waals surface area contributed by atoms with E-state index >= 15 is 0 Å². The lowest BCUT2D eigenvalue weighted by Gasteiger charge is -2.16. The summed E-state index contributed by atoms with van der Waals surface area (Å²) in [7, 11) is 0. The third kappa shape index (κ3) is 4.48. The number of rotatable bonds is 5. The second-order valence-electron chi connectivity index (χ2n) is 4.82. The summed E-state index contributed by atoms with van der Waals surface area (Å²) >= 11 is 5.89. The Morgan fingerprint density at radius 2 is 1.95 bits per heavy atom. The van der Waals surface area contributed by atoms with E-state index in [2.05, 4.69) is 5.32 Å². The molecule has 0 spiro atoms. The molecule has 0 aliphatic carbocycles. The van der Waals surface area contributed by atoms with Crippen LogP contribution in [0.1, 0.15) is 15.9 Å². The number of nitrogens with one attached hydrogen (secondary N) is 1. The van der Waals surface area contributed by atoms with Crippen LogP contribution in [-0.4, -0.2) is 23.7 Å². The van der Waals surface area contributed by atoms with Gasteiger partial charge in [0.1, 0.15) is 0 Å². The summed E-state index contributed by atoms with van der Waals surface area (Å²) in [6.45, 7) is -0.142. The molecule has 0 aliphatic heterocycles. The van der Waals surface area contributed by atoms with Crippen molar-refractivity contribution in [3.63, 3.8) is 0 Å². The first kappa shape index (κ1) is 15.4. The summed E-state index contributed by atoms with van der Waals surface area (Å²) in [5.74, 6) is -0.306. The second-order valence-corrected chi connectivity index (χ2v) is 5.25. The number of hydrogen-bond donors (Lipinski definition) is 3. The van der Waals surface area contributed by atoms with Crippen molar-refractivity contribution in [2.24, 2.45) is 0 Å². The Balaban J connectivity index is 2.05. The molecule has 2 rings (SSSR count). The monoisotopic (exact) mass is 304 g/mol. The van der Waals surface area contributed by atoms with Crippen molar-refractivity contribution in [1.82, 2.24) is 5.32 Å². The number of anilines is 1. The summed E-state index contributed by atoms with van der Waals surface area (Å²) in [5, 5.41) is 12.6. The molecule has 110 valence electrons. The first-order valence-corrected chi connectivity index (χ1v) is 6.98. The van der Waals surface area contributed by atoms with Gasteiger partial charge in [0.25, 0.3) is 5.91 Å². The topological polar surface area (TPSA) is 75.4 Å². The molecule has 0 bridgehead atoms. The zero-order valence-corrected chi connectivity index (χ0v) is 12.2. The fraction of sp³-hybridized carbons (Fsp3) is 0.188. The van der Waals surface area contributed by atoms with E-state index in [0.717, 1.165) is 5.56 Å². The van der Waals surface area contributed by atoms with E-state index in [1.807, 2.05) is 30.3 Å². The molecule has 21 heavy (non-hydrogen) atoms. The van der Waals surface area contributed by atoms with Gasteiger partial charge in [0, 0.05) is 16.3 Å². The van der Waals surface area contributed by atoms with E-state index < -0.39 is 0 Å². The SMILES string of the molecule is Nc1cc(Cl)cc(C(=O)NC(CO)Cc2ccccc2)c1. The van der Waals surface area contributed by atoms with Crippen molar-refractivity contribution in [1.29, 1.82) is 0 Å². The Labute approximate surface area is 128 Å². The van der Waals surface area contributed by atoms with E-state index in [0.29, 0.717) is 22.7 Å². The molecule has 0 saturated carbocycles. The molecule has 0 radical (unpaired) electrons.